The van der Waals surface area contributed by atoms with Crippen LogP contribution >= 0.6 is 0 Å². The van der Waals surface area contributed by atoms with Crippen LogP contribution in [0, 0.1) is 20.8 Å². The van der Waals surface area contributed by atoms with Gasteiger partial charge < -0.3 is 14.5 Å². The average Bonchev–Trinajstić information content (AvgIpc) is 2.78. The zero-order valence-corrected chi connectivity index (χ0v) is 19.3. The van der Waals surface area contributed by atoms with E-state index in [4.69, 9.17) is 9.15 Å². The molecule has 0 bridgehead atoms. The summed E-state index contributed by atoms with van der Waals surface area (Å²) in [6, 6.07) is 19.8. The quantitative estimate of drug-likeness (QED) is 0.254. The number of amides is 1. The van der Waals surface area contributed by atoms with Gasteiger partial charge in [-0.15, -0.1) is 0 Å². The Labute approximate surface area is 197 Å². The summed E-state index contributed by atoms with van der Waals surface area (Å²) in [7, 11) is 0. The molecule has 0 saturated heterocycles. The van der Waals surface area contributed by atoms with Gasteiger partial charge in [-0.25, -0.2) is 9.59 Å². The van der Waals surface area contributed by atoms with Crippen molar-refractivity contribution in [3.63, 3.8) is 0 Å². The van der Waals surface area contributed by atoms with Crippen molar-refractivity contribution >= 4 is 22.8 Å². The molecule has 6 nitrogen and oxygen atoms in total. The molecule has 1 aromatic heterocycles. The number of ether oxygens (including phenoxy) is 1. The summed E-state index contributed by atoms with van der Waals surface area (Å²) in [5.74, 6) is -0.724. The lowest BCUT2D eigenvalue weighted by Gasteiger charge is -2.11. The van der Waals surface area contributed by atoms with Crippen molar-refractivity contribution < 1.29 is 18.7 Å². The van der Waals surface area contributed by atoms with E-state index < -0.39 is 17.5 Å². The molecule has 1 N–H and O–H groups in total. The van der Waals surface area contributed by atoms with Crippen LogP contribution in [0.25, 0.3) is 11.0 Å². The maximum absolute atomic E-state index is 12.7. The molecule has 1 amide bonds. The van der Waals surface area contributed by atoms with Crippen LogP contribution in [-0.4, -0.2) is 18.4 Å². The van der Waals surface area contributed by atoms with Crippen LogP contribution < -0.4 is 15.7 Å². The molecule has 0 aliphatic heterocycles. The van der Waals surface area contributed by atoms with Gasteiger partial charge in [-0.3, -0.25) is 4.79 Å². The maximum Gasteiger partial charge on any atom is 0.349 e. The number of rotatable bonds is 6. The first-order valence-corrected chi connectivity index (χ1v) is 11.0. The molecule has 0 spiro atoms. The minimum atomic E-state index is -0.751. The SMILES string of the molecule is Cc1cc(C)c(C(=O)Oc2ccc3cc(C(=O)NCCc4ccccc4)c(=O)oc3c2)c(C)c1. The normalized spacial score (nSPS) is 10.8. The fourth-order valence-electron chi connectivity index (χ4n) is 4.03. The van der Waals surface area contributed by atoms with E-state index in [2.05, 4.69) is 5.32 Å². The van der Waals surface area contributed by atoms with E-state index in [0.717, 1.165) is 22.3 Å². The van der Waals surface area contributed by atoms with E-state index in [1.165, 1.54) is 12.1 Å². The minimum absolute atomic E-state index is 0.0730. The van der Waals surface area contributed by atoms with Gasteiger partial charge in [0.05, 0.1) is 5.56 Å². The molecule has 0 radical (unpaired) electrons. The Balaban J connectivity index is 1.49. The van der Waals surface area contributed by atoms with Gasteiger partial charge in [0.1, 0.15) is 16.9 Å². The number of hydrogen-bond donors (Lipinski definition) is 1. The van der Waals surface area contributed by atoms with Gasteiger partial charge in [0, 0.05) is 18.0 Å². The molecule has 0 aliphatic rings. The van der Waals surface area contributed by atoms with Crippen LogP contribution in [-0.2, 0) is 6.42 Å². The molecule has 6 heteroatoms. The number of nitrogens with one attached hydrogen (secondary N) is 1. The molecule has 0 unspecified atom stereocenters. The molecular formula is C28H25NO5. The Morgan fingerprint density at radius 3 is 2.32 bits per heavy atom. The summed E-state index contributed by atoms with van der Waals surface area (Å²) in [6.45, 7) is 6.09. The smallest absolute Gasteiger partial charge is 0.349 e. The maximum atomic E-state index is 12.7. The molecule has 0 saturated carbocycles. The van der Waals surface area contributed by atoms with Crippen molar-refractivity contribution in [1.82, 2.24) is 5.32 Å². The molecule has 34 heavy (non-hydrogen) atoms. The molecule has 172 valence electrons. The Morgan fingerprint density at radius 2 is 1.62 bits per heavy atom. The minimum Gasteiger partial charge on any atom is -0.423 e. The van der Waals surface area contributed by atoms with Crippen LogP contribution in [0.5, 0.6) is 5.75 Å². The van der Waals surface area contributed by atoms with E-state index in [1.807, 2.05) is 63.2 Å². The third kappa shape index (κ3) is 5.07. The summed E-state index contributed by atoms with van der Waals surface area (Å²) in [5, 5.41) is 3.31. The standard InChI is InChI=1S/C28H25NO5/c1-17-13-18(2)25(19(3)14-17)28(32)33-22-10-9-21-15-23(27(31)34-24(21)16-22)26(30)29-12-11-20-7-5-4-6-8-20/h4-10,13-16H,11-12H2,1-3H3,(H,29,30). The number of carbonyl (C=O) groups is 2. The van der Waals surface area contributed by atoms with E-state index in [9.17, 15) is 14.4 Å². The second kappa shape index (κ2) is 9.75. The first-order chi connectivity index (χ1) is 16.3. The number of esters is 1. The van der Waals surface area contributed by atoms with Crippen molar-refractivity contribution in [3.05, 3.63) is 111 Å². The van der Waals surface area contributed by atoms with Crippen LogP contribution in [0.3, 0.4) is 0 Å². The fraction of sp³-hybridized carbons (Fsp3) is 0.179. The highest BCUT2D eigenvalue weighted by Crippen LogP contribution is 2.23. The van der Waals surface area contributed by atoms with Gasteiger partial charge in [0.15, 0.2) is 0 Å². The number of aryl methyl sites for hydroxylation is 3. The average molecular weight is 456 g/mol. The van der Waals surface area contributed by atoms with Crippen LogP contribution in [0.4, 0.5) is 0 Å². The van der Waals surface area contributed by atoms with Crippen molar-refractivity contribution in [2.45, 2.75) is 27.2 Å². The van der Waals surface area contributed by atoms with Gasteiger partial charge in [-0.05, 0) is 62.1 Å². The number of fused-ring (bicyclic) bond motifs is 1. The van der Waals surface area contributed by atoms with Gasteiger partial charge in [-0.1, -0.05) is 48.0 Å². The third-order valence-corrected chi connectivity index (χ3v) is 5.59. The van der Waals surface area contributed by atoms with E-state index >= 15 is 0 Å². The zero-order valence-electron chi connectivity index (χ0n) is 19.3. The summed E-state index contributed by atoms with van der Waals surface area (Å²) in [4.78, 5) is 37.7. The van der Waals surface area contributed by atoms with Gasteiger partial charge in [0.25, 0.3) is 5.91 Å². The molecule has 4 rings (SSSR count). The molecule has 3 aromatic carbocycles. The summed E-state index contributed by atoms with van der Waals surface area (Å²) in [5.41, 5.74) is 3.73. The highest BCUT2D eigenvalue weighted by molar-refractivity contribution is 5.97. The van der Waals surface area contributed by atoms with Crippen molar-refractivity contribution in [2.75, 3.05) is 6.54 Å². The van der Waals surface area contributed by atoms with Crippen LogP contribution in [0.15, 0.2) is 75.9 Å². The predicted octanol–water partition coefficient (Wildman–Crippen LogP) is 4.91. The lowest BCUT2D eigenvalue weighted by atomic mass is 10.00. The van der Waals surface area contributed by atoms with E-state index in [-0.39, 0.29) is 16.9 Å². The fourth-order valence-corrected chi connectivity index (χ4v) is 4.03. The summed E-state index contributed by atoms with van der Waals surface area (Å²) in [6.07, 6.45) is 0.653. The van der Waals surface area contributed by atoms with Crippen molar-refractivity contribution in [3.8, 4) is 5.75 Å². The number of benzene rings is 3. The predicted molar refractivity (Wildman–Crippen MR) is 131 cm³/mol. The second-order valence-corrected chi connectivity index (χ2v) is 8.30. The Morgan fingerprint density at radius 1 is 0.912 bits per heavy atom. The number of carbonyl (C=O) groups excluding carboxylic acids is 2. The zero-order chi connectivity index (χ0) is 24.2. The molecule has 0 aliphatic carbocycles. The second-order valence-electron chi connectivity index (χ2n) is 8.30. The van der Waals surface area contributed by atoms with Gasteiger partial charge in [0.2, 0.25) is 0 Å². The highest BCUT2D eigenvalue weighted by Gasteiger charge is 2.17. The highest BCUT2D eigenvalue weighted by atomic mass is 16.5. The summed E-state index contributed by atoms with van der Waals surface area (Å²) < 4.78 is 10.9. The van der Waals surface area contributed by atoms with Crippen LogP contribution in [0.1, 0.15) is 43.0 Å². The summed E-state index contributed by atoms with van der Waals surface area (Å²) >= 11 is 0. The molecule has 0 atom stereocenters. The molecule has 4 aromatic rings. The van der Waals surface area contributed by atoms with Gasteiger partial charge >= 0.3 is 11.6 Å². The largest absolute Gasteiger partial charge is 0.423 e. The number of hydrogen-bond acceptors (Lipinski definition) is 5. The Hall–Kier alpha value is -4.19. The first kappa shape index (κ1) is 23.0. The van der Waals surface area contributed by atoms with Gasteiger partial charge in [-0.2, -0.15) is 0 Å². The Bertz CT molecular complexity index is 1410. The van der Waals surface area contributed by atoms with Crippen LogP contribution in [0.2, 0.25) is 0 Å². The lowest BCUT2D eigenvalue weighted by Crippen LogP contribution is -2.29. The lowest BCUT2D eigenvalue weighted by molar-refractivity contribution is 0.0733. The van der Waals surface area contributed by atoms with Crippen molar-refractivity contribution in [2.24, 2.45) is 0 Å². The topological polar surface area (TPSA) is 85.6 Å². The van der Waals surface area contributed by atoms with Crippen molar-refractivity contribution in [1.29, 1.82) is 0 Å². The molecule has 1 heterocycles. The third-order valence-electron chi connectivity index (χ3n) is 5.59. The van der Waals surface area contributed by atoms with E-state index in [0.29, 0.717) is 23.9 Å². The molecule has 0 fully saturated rings. The monoisotopic (exact) mass is 455 g/mol. The molecular weight excluding hydrogens is 430 g/mol. The first-order valence-electron chi connectivity index (χ1n) is 11.0. The Kier molecular flexibility index (Phi) is 6.59. The van der Waals surface area contributed by atoms with E-state index in [1.54, 1.807) is 12.1 Å².